The summed E-state index contributed by atoms with van der Waals surface area (Å²) in [6, 6.07) is 0.555. The van der Waals surface area contributed by atoms with Gasteiger partial charge in [-0.25, -0.2) is 4.98 Å². The molecule has 2 aliphatic carbocycles. The standard InChI is InChI=1S/C16H28N4/c1-3-6-20-16(18-11-19-20)10-15(17-2)9-14-8-12-4-5-13(14)7-12/h11-15,17H,3-10H2,1-2H3. The Morgan fingerprint density at radius 1 is 1.40 bits per heavy atom. The van der Waals surface area contributed by atoms with Crippen molar-refractivity contribution >= 4 is 0 Å². The van der Waals surface area contributed by atoms with E-state index in [2.05, 4.69) is 34.1 Å². The molecule has 1 aromatic heterocycles. The van der Waals surface area contributed by atoms with E-state index in [0.29, 0.717) is 6.04 Å². The summed E-state index contributed by atoms with van der Waals surface area (Å²) in [5.74, 6) is 4.17. The highest BCUT2D eigenvalue weighted by Gasteiger charge is 2.40. The number of nitrogens with one attached hydrogen (secondary N) is 1. The van der Waals surface area contributed by atoms with Crippen LogP contribution in [0.25, 0.3) is 0 Å². The van der Waals surface area contributed by atoms with E-state index < -0.39 is 0 Å². The maximum Gasteiger partial charge on any atom is 0.138 e. The second kappa shape index (κ2) is 6.25. The van der Waals surface area contributed by atoms with Gasteiger partial charge in [-0.05, 0) is 56.9 Å². The summed E-state index contributed by atoms with van der Waals surface area (Å²) >= 11 is 0. The van der Waals surface area contributed by atoms with E-state index in [1.165, 1.54) is 32.1 Å². The molecule has 4 atom stereocenters. The number of fused-ring (bicyclic) bond motifs is 2. The number of nitrogens with zero attached hydrogens (tertiary/aromatic N) is 3. The van der Waals surface area contributed by atoms with Crippen LogP contribution < -0.4 is 5.32 Å². The predicted octanol–water partition coefficient (Wildman–Crippen LogP) is 2.64. The maximum atomic E-state index is 4.46. The molecule has 0 radical (unpaired) electrons. The fourth-order valence-corrected chi connectivity index (χ4v) is 4.40. The second-order valence-electron chi connectivity index (χ2n) is 6.76. The van der Waals surface area contributed by atoms with Crippen molar-refractivity contribution in [2.45, 2.75) is 64.5 Å². The van der Waals surface area contributed by atoms with Crippen LogP contribution in [0.2, 0.25) is 0 Å². The summed E-state index contributed by atoms with van der Waals surface area (Å²) in [7, 11) is 2.10. The zero-order valence-electron chi connectivity index (χ0n) is 12.9. The lowest BCUT2D eigenvalue weighted by Gasteiger charge is -2.26. The topological polar surface area (TPSA) is 42.7 Å². The van der Waals surface area contributed by atoms with Crippen molar-refractivity contribution in [3.8, 4) is 0 Å². The Morgan fingerprint density at radius 2 is 2.30 bits per heavy atom. The van der Waals surface area contributed by atoms with E-state index in [1.807, 2.05) is 0 Å². The van der Waals surface area contributed by atoms with Crippen LogP contribution in [0.3, 0.4) is 0 Å². The zero-order valence-corrected chi connectivity index (χ0v) is 12.9. The van der Waals surface area contributed by atoms with E-state index >= 15 is 0 Å². The van der Waals surface area contributed by atoms with Crippen LogP contribution in [0.1, 0.15) is 51.3 Å². The van der Waals surface area contributed by atoms with Gasteiger partial charge in [-0.2, -0.15) is 5.10 Å². The van der Waals surface area contributed by atoms with Crippen LogP contribution in [0.5, 0.6) is 0 Å². The number of hydrogen-bond acceptors (Lipinski definition) is 3. The molecule has 4 heteroatoms. The minimum atomic E-state index is 0.555. The van der Waals surface area contributed by atoms with Gasteiger partial charge in [0.05, 0.1) is 0 Å². The highest BCUT2D eigenvalue weighted by molar-refractivity contribution is 4.95. The molecule has 1 heterocycles. The van der Waals surface area contributed by atoms with Gasteiger partial charge in [0.25, 0.3) is 0 Å². The van der Waals surface area contributed by atoms with Crippen LogP contribution in [-0.4, -0.2) is 27.9 Å². The van der Waals surface area contributed by atoms with Gasteiger partial charge in [0.2, 0.25) is 0 Å². The minimum absolute atomic E-state index is 0.555. The van der Waals surface area contributed by atoms with Crippen LogP contribution in [0.4, 0.5) is 0 Å². The van der Waals surface area contributed by atoms with Gasteiger partial charge in [0.15, 0.2) is 0 Å². The van der Waals surface area contributed by atoms with E-state index in [1.54, 1.807) is 6.33 Å². The first-order valence-corrected chi connectivity index (χ1v) is 8.34. The molecule has 112 valence electrons. The fourth-order valence-electron chi connectivity index (χ4n) is 4.40. The molecule has 0 spiro atoms. The molecule has 1 aromatic rings. The number of rotatable bonds is 7. The quantitative estimate of drug-likeness (QED) is 0.832. The Labute approximate surface area is 122 Å². The van der Waals surface area contributed by atoms with E-state index in [-0.39, 0.29) is 0 Å². The molecule has 2 fully saturated rings. The Bertz CT molecular complexity index is 428. The van der Waals surface area contributed by atoms with Crippen molar-refractivity contribution in [2.24, 2.45) is 17.8 Å². The first kappa shape index (κ1) is 14.1. The summed E-state index contributed by atoms with van der Waals surface area (Å²) in [6.45, 7) is 3.18. The number of hydrogen-bond donors (Lipinski definition) is 1. The van der Waals surface area contributed by atoms with Crippen LogP contribution in [-0.2, 0) is 13.0 Å². The molecule has 3 rings (SSSR count). The highest BCUT2D eigenvalue weighted by Crippen LogP contribution is 2.49. The lowest BCUT2D eigenvalue weighted by molar-refractivity contribution is 0.279. The minimum Gasteiger partial charge on any atom is -0.317 e. The largest absolute Gasteiger partial charge is 0.317 e. The van der Waals surface area contributed by atoms with Crippen LogP contribution in [0.15, 0.2) is 6.33 Å². The van der Waals surface area contributed by atoms with Gasteiger partial charge in [-0.3, -0.25) is 4.68 Å². The SMILES string of the molecule is CCCn1ncnc1CC(CC1CC2CCC1C2)NC. The third kappa shape index (κ3) is 2.90. The van der Waals surface area contributed by atoms with Crippen molar-refractivity contribution in [1.82, 2.24) is 20.1 Å². The van der Waals surface area contributed by atoms with Crippen molar-refractivity contribution in [2.75, 3.05) is 7.05 Å². The second-order valence-corrected chi connectivity index (χ2v) is 6.76. The molecule has 20 heavy (non-hydrogen) atoms. The van der Waals surface area contributed by atoms with Gasteiger partial charge in [0.1, 0.15) is 12.2 Å². The number of aryl methyl sites for hydroxylation is 1. The zero-order chi connectivity index (χ0) is 13.9. The molecule has 0 aliphatic heterocycles. The molecule has 0 saturated heterocycles. The van der Waals surface area contributed by atoms with Gasteiger partial charge < -0.3 is 5.32 Å². The average molecular weight is 276 g/mol. The normalized spacial score (nSPS) is 30.0. The van der Waals surface area contributed by atoms with E-state index in [9.17, 15) is 0 Å². The van der Waals surface area contributed by atoms with Gasteiger partial charge in [0, 0.05) is 19.0 Å². The molecule has 2 saturated carbocycles. The van der Waals surface area contributed by atoms with Crippen molar-refractivity contribution in [1.29, 1.82) is 0 Å². The van der Waals surface area contributed by atoms with Crippen molar-refractivity contribution in [3.05, 3.63) is 12.2 Å². The molecule has 4 nitrogen and oxygen atoms in total. The first-order valence-electron chi connectivity index (χ1n) is 8.34. The van der Waals surface area contributed by atoms with Gasteiger partial charge in [-0.15, -0.1) is 0 Å². The Morgan fingerprint density at radius 3 is 2.95 bits per heavy atom. The van der Waals surface area contributed by atoms with Gasteiger partial charge in [-0.1, -0.05) is 13.3 Å². The van der Waals surface area contributed by atoms with E-state index in [0.717, 1.165) is 43.0 Å². The smallest absolute Gasteiger partial charge is 0.138 e. The monoisotopic (exact) mass is 276 g/mol. The Hall–Kier alpha value is -0.900. The Balaban J connectivity index is 1.58. The predicted molar refractivity (Wildman–Crippen MR) is 80.4 cm³/mol. The average Bonchev–Trinajstić information content (AvgIpc) is 3.16. The molecular weight excluding hydrogens is 248 g/mol. The van der Waals surface area contributed by atoms with Crippen LogP contribution >= 0.6 is 0 Å². The number of likely N-dealkylation sites (N-methyl/N-ethyl adjacent to an activating group) is 1. The molecule has 2 bridgehead atoms. The highest BCUT2D eigenvalue weighted by atomic mass is 15.3. The Kier molecular flexibility index (Phi) is 4.39. The lowest BCUT2D eigenvalue weighted by atomic mass is 9.83. The summed E-state index contributed by atoms with van der Waals surface area (Å²) in [4.78, 5) is 4.46. The van der Waals surface area contributed by atoms with Gasteiger partial charge >= 0.3 is 0 Å². The van der Waals surface area contributed by atoms with Crippen molar-refractivity contribution < 1.29 is 0 Å². The molecular formula is C16H28N4. The summed E-state index contributed by atoms with van der Waals surface area (Å²) in [6.07, 6.45) is 11.1. The summed E-state index contributed by atoms with van der Waals surface area (Å²) in [5, 5.41) is 7.86. The third-order valence-electron chi connectivity index (χ3n) is 5.44. The van der Waals surface area contributed by atoms with E-state index in [4.69, 9.17) is 0 Å². The maximum absolute atomic E-state index is 4.46. The molecule has 0 amide bonds. The third-order valence-corrected chi connectivity index (χ3v) is 5.44. The molecule has 2 aliphatic rings. The first-order chi connectivity index (χ1) is 9.80. The fraction of sp³-hybridized carbons (Fsp3) is 0.875. The summed E-state index contributed by atoms with van der Waals surface area (Å²) in [5.41, 5.74) is 0. The summed E-state index contributed by atoms with van der Waals surface area (Å²) < 4.78 is 2.07. The molecule has 0 aromatic carbocycles. The van der Waals surface area contributed by atoms with Crippen molar-refractivity contribution in [3.63, 3.8) is 0 Å². The number of aromatic nitrogens is 3. The molecule has 4 unspecified atom stereocenters. The van der Waals surface area contributed by atoms with Crippen LogP contribution in [0, 0.1) is 17.8 Å². The lowest BCUT2D eigenvalue weighted by Crippen LogP contribution is -2.32. The molecule has 1 N–H and O–H groups in total.